The van der Waals surface area contributed by atoms with Gasteiger partial charge in [0.15, 0.2) is 10.3 Å². The number of amidine groups is 1. The first-order chi connectivity index (χ1) is 14.8. The monoisotopic (exact) mass is 468 g/mol. The van der Waals surface area contributed by atoms with E-state index < -0.39 is 11.8 Å². The van der Waals surface area contributed by atoms with E-state index in [4.69, 9.17) is 29.2 Å². The largest absolute Gasteiger partial charge is 0.301 e. The number of nitrogens with zero attached hydrogens (tertiary/aromatic N) is 1. The van der Waals surface area contributed by atoms with Crippen LogP contribution in [0.4, 0.5) is 5.69 Å². The molecule has 0 aliphatic carbocycles. The van der Waals surface area contributed by atoms with Crippen molar-refractivity contribution in [1.29, 1.82) is 5.41 Å². The number of carbonyl (C=O) groups is 3. The maximum atomic E-state index is 13.0. The fraction of sp³-hybridized carbons (Fsp3) is 0. The Hall–Kier alpha value is -3.27. The molecule has 31 heavy (non-hydrogen) atoms. The van der Waals surface area contributed by atoms with Gasteiger partial charge < -0.3 is 5.32 Å². The molecule has 2 aromatic rings. The van der Waals surface area contributed by atoms with Crippen molar-refractivity contribution in [2.24, 2.45) is 0 Å². The summed E-state index contributed by atoms with van der Waals surface area (Å²) in [6.45, 7) is 0. The van der Waals surface area contributed by atoms with Crippen LogP contribution in [0.15, 0.2) is 59.0 Å². The number of hydrogen-bond acceptors (Lipinski definition) is 6. The van der Waals surface area contributed by atoms with Crippen molar-refractivity contribution in [3.05, 3.63) is 75.2 Å². The summed E-state index contributed by atoms with van der Waals surface area (Å²) in [5, 5.41) is 13.0. The molecule has 0 radical (unpaired) electrons. The zero-order valence-electron chi connectivity index (χ0n) is 15.6. The average Bonchev–Trinajstić information content (AvgIpc) is 3.04. The number of carbonyl (C=O) groups excluding carboxylic acids is 3. The molecule has 3 amide bonds. The molecule has 3 N–H and O–H groups in total. The zero-order valence-corrected chi connectivity index (χ0v) is 18.0. The third-order valence-corrected chi connectivity index (χ3v) is 5.76. The topological polar surface area (TPSA) is 102 Å². The molecule has 154 valence electrons. The first-order valence-corrected chi connectivity index (χ1v) is 10.5. The Bertz CT molecular complexity index is 1200. The number of rotatable bonds is 3. The zero-order chi connectivity index (χ0) is 22.1. The van der Waals surface area contributed by atoms with Gasteiger partial charge in [-0.2, -0.15) is 0 Å². The van der Waals surface area contributed by atoms with E-state index in [-0.39, 0.29) is 21.8 Å². The van der Waals surface area contributed by atoms with E-state index >= 15 is 0 Å². The molecule has 2 aromatic carbocycles. The van der Waals surface area contributed by atoms with Crippen LogP contribution in [0, 0.1) is 5.41 Å². The minimum Gasteiger partial charge on any atom is -0.301 e. The number of hydrogen-bond donors (Lipinski definition) is 3. The molecule has 0 spiro atoms. The summed E-state index contributed by atoms with van der Waals surface area (Å²) in [7, 11) is 0. The molecule has 2 fully saturated rings. The molecule has 2 heterocycles. The number of nitrogens with one attached hydrogen (secondary N) is 3. The van der Waals surface area contributed by atoms with Crippen molar-refractivity contribution in [3.8, 4) is 0 Å². The molecule has 10 heteroatoms. The highest BCUT2D eigenvalue weighted by Crippen LogP contribution is 2.26. The van der Waals surface area contributed by atoms with Crippen molar-refractivity contribution in [3.63, 3.8) is 0 Å². The smallest absolute Gasteiger partial charge is 0.270 e. The fourth-order valence-corrected chi connectivity index (χ4v) is 4.04. The Morgan fingerprint density at radius 1 is 0.903 bits per heavy atom. The molecule has 7 nitrogen and oxygen atoms in total. The van der Waals surface area contributed by atoms with Crippen LogP contribution in [0.1, 0.15) is 11.1 Å². The first-order valence-electron chi connectivity index (χ1n) is 8.88. The lowest BCUT2D eigenvalue weighted by Crippen LogP contribution is -2.54. The lowest BCUT2D eigenvalue weighted by Gasteiger charge is -2.28. The molecular formula is C21H13ClN4O3S2. The number of amides is 3. The number of halogens is 1. The van der Waals surface area contributed by atoms with E-state index in [1.165, 1.54) is 11.0 Å². The van der Waals surface area contributed by atoms with Crippen LogP contribution in [0.25, 0.3) is 12.2 Å². The fourth-order valence-electron chi connectivity index (χ4n) is 2.93. The highest BCUT2D eigenvalue weighted by atomic mass is 35.5. The van der Waals surface area contributed by atoms with E-state index in [0.717, 1.165) is 17.3 Å². The lowest BCUT2D eigenvalue weighted by atomic mass is 10.1. The van der Waals surface area contributed by atoms with Gasteiger partial charge in [-0.15, -0.1) is 0 Å². The molecule has 2 saturated heterocycles. The maximum absolute atomic E-state index is 13.0. The van der Waals surface area contributed by atoms with Crippen molar-refractivity contribution < 1.29 is 14.4 Å². The highest BCUT2D eigenvalue weighted by Gasteiger charge is 2.34. The minimum atomic E-state index is -0.580. The first kappa shape index (κ1) is 21.0. The predicted molar refractivity (Wildman–Crippen MR) is 126 cm³/mol. The van der Waals surface area contributed by atoms with Crippen molar-refractivity contribution in [2.45, 2.75) is 0 Å². The van der Waals surface area contributed by atoms with Gasteiger partial charge in [0, 0.05) is 5.02 Å². The van der Waals surface area contributed by atoms with Gasteiger partial charge in [-0.05, 0) is 71.5 Å². The van der Waals surface area contributed by atoms with Crippen molar-refractivity contribution in [2.75, 3.05) is 4.90 Å². The van der Waals surface area contributed by atoms with Crippen LogP contribution in [0.5, 0.6) is 0 Å². The van der Waals surface area contributed by atoms with E-state index in [1.807, 2.05) is 0 Å². The van der Waals surface area contributed by atoms with Crippen LogP contribution in [0.3, 0.4) is 0 Å². The molecule has 2 aliphatic rings. The molecule has 0 saturated carbocycles. The van der Waals surface area contributed by atoms with Crippen molar-refractivity contribution >= 4 is 81.4 Å². The van der Waals surface area contributed by atoms with Gasteiger partial charge >= 0.3 is 0 Å². The van der Waals surface area contributed by atoms with Crippen LogP contribution in [-0.2, 0) is 14.4 Å². The molecule has 0 atom stereocenters. The van der Waals surface area contributed by atoms with E-state index in [2.05, 4.69) is 10.6 Å². The van der Waals surface area contributed by atoms with Crippen molar-refractivity contribution in [1.82, 2.24) is 10.6 Å². The number of thiocarbonyl (C=S) groups is 1. The lowest BCUT2D eigenvalue weighted by molar-refractivity contribution is -0.122. The highest BCUT2D eigenvalue weighted by molar-refractivity contribution is 8.18. The number of benzene rings is 2. The Morgan fingerprint density at radius 2 is 1.52 bits per heavy atom. The van der Waals surface area contributed by atoms with Crippen LogP contribution in [-0.4, -0.2) is 28.0 Å². The summed E-state index contributed by atoms with van der Waals surface area (Å²) in [6.07, 6.45) is 3.14. The second-order valence-electron chi connectivity index (χ2n) is 6.49. The van der Waals surface area contributed by atoms with Gasteiger partial charge in [-0.1, -0.05) is 35.9 Å². The average molecular weight is 469 g/mol. The van der Waals surface area contributed by atoms with Gasteiger partial charge in [-0.25, -0.2) is 0 Å². The summed E-state index contributed by atoms with van der Waals surface area (Å²) in [6, 6.07) is 13.5. The Kier molecular flexibility index (Phi) is 5.73. The van der Waals surface area contributed by atoms with Gasteiger partial charge in [0.1, 0.15) is 5.57 Å². The quantitative estimate of drug-likeness (QED) is 0.364. The Labute approximate surface area is 191 Å². The van der Waals surface area contributed by atoms with Crippen LogP contribution in [0.2, 0.25) is 5.02 Å². The number of thioether (sulfide) groups is 1. The van der Waals surface area contributed by atoms with Gasteiger partial charge in [0.05, 0.1) is 10.6 Å². The Balaban J connectivity index is 1.60. The molecule has 2 aliphatic heterocycles. The van der Waals surface area contributed by atoms with Crippen LogP contribution >= 0.6 is 35.6 Å². The molecule has 4 rings (SSSR count). The second-order valence-corrected chi connectivity index (χ2v) is 8.37. The Morgan fingerprint density at radius 3 is 2.10 bits per heavy atom. The maximum Gasteiger partial charge on any atom is 0.270 e. The molecule has 0 aromatic heterocycles. The summed E-state index contributed by atoms with van der Waals surface area (Å²) in [5.41, 5.74) is 1.80. The standard InChI is InChI=1S/C21H13ClN4O3S2/c22-13-5-7-14(8-6-13)26-19(29)15(17(27)25-21(26)30)9-11-1-3-12(4-2-11)10-16-18(28)24-20(23)31-16/h1-10H,(H2,23,24,28)(H,25,27,30)/b15-9+,16-10-. The summed E-state index contributed by atoms with van der Waals surface area (Å²) >= 11 is 12.1. The normalized spacial score (nSPS) is 19.3. The predicted octanol–water partition coefficient (Wildman–Crippen LogP) is 3.31. The number of anilines is 1. The van der Waals surface area contributed by atoms with Gasteiger partial charge in [0.25, 0.3) is 17.7 Å². The molecular weight excluding hydrogens is 456 g/mol. The second kappa shape index (κ2) is 8.46. The van der Waals surface area contributed by atoms with E-state index in [9.17, 15) is 14.4 Å². The summed E-state index contributed by atoms with van der Waals surface area (Å²) in [4.78, 5) is 38.8. The minimum absolute atomic E-state index is 0.00523. The van der Waals surface area contributed by atoms with Crippen LogP contribution < -0.4 is 15.5 Å². The third-order valence-electron chi connectivity index (χ3n) is 4.39. The SMILES string of the molecule is N=C1NC(=O)/C(=C/c2ccc(/C=C3\C(=O)NC(=S)N(c4ccc(Cl)cc4)C3=O)cc2)S1. The van der Waals surface area contributed by atoms with E-state index in [0.29, 0.717) is 21.2 Å². The van der Waals surface area contributed by atoms with Gasteiger partial charge in [-0.3, -0.25) is 30.0 Å². The summed E-state index contributed by atoms with van der Waals surface area (Å²) in [5.74, 6) is -1.44. The van der Waals surface area contributed by atoms with E-state index in [1.54, 1.807) is 54.6 Å². The molecule has 0 bridgehead atoms. The molecule has 0 unspecified atom stereocenters. The summed E-state index contributed by atoms with van der Waals surface area (Å²) < 4.78 is 0. The van der Waals surface area contributed by atoms with Gasteiger partial charge in [0.2, 0.25) is 0 Å². The third kappa shape index (κ3) is 4.43.